The third kappa shape index (κ3) is 6.62. The summed E-state index contributed by atoms with van der Waals surface area (Å²) in [5, 5.41) is 3.40. The topological polar surface area (TPSA) is 21.3 Å². The van der Waals surface area contributed by atoms with Gasteiger partial charge >= 0.3 is 0 Å². The summed E-state index contributed by atoms with van der Waals surface area (Å²) in [6.45, 7) is 10.7. The molecule has 0 fully saturated rings. The predicted molar refractivity (Wildman–Crippen MR) is 53.4 cm³/mol. The van der Waals surface area contributed by atoms with Crippen LogP contribution in [0.25, 0.3) is 0 Å². The summed E-state index contributed by atoms with van der Waals surface area (Å²) in [6, 6.07) is 0.586. The van der Waals surface area contributed by atoms with Crippen LogP contribution in [-0.2, 0) is 4.74 Å². The Labute approximate surface area is 76.7 Å². The molecule has 0 radical (unpaired) electrons. The first-order chi connectivity index (χ1) is 5.48. The van der Waals surface area contributed by atoms with Crippen molar-refractivity contribution in [2.45, 2.75) is 40.2 Å². The number of hydrogen-bond acceptors (Lipinski definition) is 2. The fraction of sp³-hybridized carbons (Fsp3) is 1.00. The summed E-state index contributed by atoms with van der Waals surface area (Å²) in [4.78, 5) is 0. The van der Waals surface area contributed by atoms with Gasteiger partial charge in [0.15, 0.2) is 0 Å². The molecular formula is C10H23NO. The van der Waals surface area contributed by atoms with Crippen LogP contribution in [0.15, 0.2) is 0 Å². The third-order valence-corrected chi connectivity index (χ3v) is 1.89. The molecule has 0 aromatic rings. The van der Waals surface area contributed by atoms with Crippen molar-refractivity contribution in [2.24, 2.45) is 5.41 Å². The average Bonchev–Trinajstić information content (AvgIpc) is 1.85. The van der Waals surface area contributed by atoms with Gasteiger partial charge in [0.25, 0.3) is 0 Å². The lowest BCUT2D eigenvalue weighted by atomic mass is 9.90. The molecule has 1 N–H and O–H groups in total. The van der Waals surface area contributed by atoms with Crippen LogP contribution in [-0.4, -0.2) is 26.3 Å². The lowest BCUT2D eigenvalue weighted by Crippen LogP contribution is -2.29. The Bertz CT molecular complexity index is 110. The minimum Gasteiger partial charge on any atom is -0.384 e. The van der Waals surface area contributed by atoms with Gasteiger partial charge in [-0.05, 0) is 18.4 Å². The van der Waals surface area contributed by atoms with Crippen molar-refractivity contribution in [3.63, 3.8) is 0 Å². The third-order valence-electron chi connectivity index (χ3n) is 1.89. The van der Waals surface area contributed by atoms with E-state index in [1.54, 1.807) is 7.11 Å². The first kappa shape index (κ1) is 11.9. The van der Waals surface area contributed by atoms with Crippen LogP contribution >= 0.6 is 0 Å². The van der Waals surface area contributed by atoms with Crippen LogP contribution in [0.4, 0.5) is 0 Å². The lowest BCUT2D eigenvalue weighted by Gasteiger charge is -2.24. The zero-order valence-corrected chi connectivity index (χ0v) is 9.11. The standard InChI is InChI=1S/C10H23NO/c1-9(2)11-7-6-10(3,4)8-12-5/h9,11H,6-8H2,1-5H3. The van der Waals surface area contributed by atoms with Gasteiger partial charge in [-0.15, -0.1) is 0 Å². The fourth-order valence-electron chi connectivity index (χ4n) is 1.16. The SMILES string of the molecule is COCC(C)(C)CCNC(C)C. The second-order valence-corrected chi connectivity index (χ2v) is 4.46. The van der Waals surface area contributed by atoms with Crippen molar-refractivity contribution in [1.29, 1.82) is 0 Å². The molecule has 0 saturated heterocycles. The van der Waals surface area contributed by atoms with Crippen LogP contribution in [0.3, 0.4) is 0 Å². The molecule has 2 heteroatoms. The van der Waals surface area contributed by atoms with E-state index in [1.165, 1.54) is 6.42 Å². The monoisotopic (exact) mass is 173 g/mol. The smallest absolute Gasteiger partial charge is 0.0513 e. The molecule has 2 nitrogen and oxygen atoms in total. The van der Waals surface area contributed by atoms with Gasteiger partial charge in [0.1, 0.15) is 0 Å². The van der Waals surface area contributed by atoms with Crippen LogP contribution < -0.4 is 5.32 Å². The van der Waals surface area contributed by atoms with Crippen molar-refractivity contribution >= 4 is 0 Å². The highest BCUT2D eigenvalue weighted by Gasteiger charge is 2.16. The van der Waals surface area contributed by atoms with E-state index in [-0.39, 0.29) is 0 Å². The molecule has 0 aromatic heterocycles. The van der Waals surface area contributed by atoms with Crippen LogP contribution in [0.1, 0.15) is 34.1 Å². The second-order valence-electron chi connectivity index (χ2n) is 4.46. The van der Waals surface area contributed by atoms with E-state index in [0.29, 0.717) is 11.5 Å². The molecule has 0 aliphatic carbocycles. The maximum absolute atomic E-state index is 5.14. The van der Waals surface area contributed by atoms with Gasteiger partial charge in [-0.2, -0.15) is 0 Å². The van der Waals surface area contributed by atoms with E-state index in [4.69, 9.17) is 4.74 Å². The molecule has 74 valence electrons. The molecule has 0 saturated carbocycles. The minimum absolute atomic E-state index is 0.302. The zero-order valence-electron chi connectivity index (χ0n) is 9.11. The number of nitrogens with one attached hydrogen (secondary N) is 1. The average molecular weight is 173 g/mol. The van der Waals surface area contributed by atoms with Gasteiger partial charge in [-0.3, -0.25) is 0 Å². The van der Waals surface area contributed by atoms with Crippen molar-refractivity contribution in [1.82, 2.24) is 5.32 Å². The molecule has 0 rings (SSSR count). The fourth-order valence-corrected chi connectivity index (χ4v) is 1.16. The molecule has 0 heterocycles. The Kier molecular flexibility index (Phi) is 5.51. The Balaban J connectivity index is 3.46. The van der Waals surface area contributed by atoms with E-state index < -0.39 is 0 Å². The van der Waals surface area contributed by atoms with Gasteiger partial charge in [-0.25, -0.2) is 0 Å². The maximum atomic E-state index is 5.14. The van der Waals surface area contributed by atoms with Crippen molar-refractivity contribution in [3.05, 3.63) is 0 Å². The number of rotatable bonds is 6. The predicted octanol–water partition coefficient (Wildman–Crippen LogP) is 2.05. The van der Waals surface area contributed by atoms with Crippen LogP contribution in [0.5, 0.6) is 0 Å². The van der Waals surface area contributed by atoms with Gasteiger partial charge in [-0.1, -0.05) is 27.7 Å². The van der Waals surface area contributed by atoms with E-state index in [1.807, 2.05) is 0 Å². The van der Waals surface area contributed by atoms with Crippen molar-refractivity contribution < 1.29 is 4.74 Å². The molecule has 0 amide bonds. The van der Waals surface area contributed by atoms with Crippen molar-refractivity contribution in [3.8, 4) is 0 Å². The summed E-state index contributed by atoms with van der Waals surface area (Å²) in [5.41, 5.74) is 0.302. The number of hydrogen-bond donors (Lipinski definition) is 1. The van der Waals surface area contributed by atoms with Gasteiger partial charge < -0.3 is 10.1 Å². The van der Waals surface area contributed by atoms with Gasteiger partial charge in [0, 0.05) is 13.2 Å². The molecular weight excluding hydrogens is 150 g/mol. The molecule has 0 unspecified atom stereocenters. The Morgan fingerprint density at radius 3 is 2.33 bits per heavy atom. The first-order valence-electron chi connectivity index (χ1n) is 4.70. The van der Waals surface area contributed by atoms with Gasteiger partial charge in [0.05, 0.1) is 6.61 Å². The molecule has 0 aliphatic rings. The van der Waals surface area contributed by atoms with E-state index in [9.17, 15) is 0 Å². The summed E-state index contributed by atoms with van der Waals surface area (Å²) >= 11 is 0. The Morgan fingerprint density at radius 2 is 1.92 bits per heavy atom. The van der Waals surface area contributed by atoms with E-state index >= 15 is 0 Å². The highest BCUT2D eigenvalue weighted by atomic mass is 16.5. The molecule has 0 atom stereocenters. The Morgan fingerprint density at radius 1 is 1.33 bits per heavy atom. The largest absolute Gasteiger partial charge is 0.384 e. The molecule has 0 bridgehead atoms. The molecule has 0 aromatic carbocycles. The highest BCUT2D eigenvalue weighted by Crippen LogP contribution is 2.19. The van der Waals surface area contributed by atoms with E-state index in [0.717, 1.165) is 13.2 Å². The minimum atomic E-state index is 0.302. The maximum Gasteiger partial charge on any atom is 0.0513 e. The summed E-state index contributed by atoms with van der Waals surface area (Å²) in [5.74, 6) is 0. The number of ether oxygens (including phenoxy) is 1. The lowest BCUT2D eigenvalue weighted by molar-refractivity contribution is 0.0979. The summed E-state index contributed by atoms with van der Waals surface area (Å²) in [6.07, 6.45) is 1.17. The van der Waals surface area contributed by atoms with Crippen molar-refractivity contribution in [2.75, 3.05) is 20.3 Å². The highest BCUT2D eigenvalue weighted by molar-refractivity contribution is 4.69. The molecule has 12 heavy (non-hydrogen) atoms. The van der Waals surface area contributed by atoms with Crippen LogP contribution in [0.2, 0.25) is 0 Å². The first-order valence-corrected chi connectivity index (χ1v) is 4.70. The molecule has 0 aliphatic heterocycles. The Hall–Kier alpha value is -0.0800. The summed E-state index contributed by atoms with van der Waals surface area (Å²) in [7, 11) is 1.76. The second kappa shape index (κ2) is 5.55. The number of methoxy groups -OCH3 is 1. The zero-order chi connectivity index (χ0) is 9.61. The summed E-state index contributed by atoms with van der Waals surface area (Å²) < 4.78 is 5.14. The normalized spacial score (nSPS) is 12.5. The molecule has 0 spiro atoms. The van der Waals surface area contributed by atoms with Gasteiger partial charge in [0.2, 0.25) is 0 Å². The van der Waals surface area contributed by atoms with Crippen LogP contribution in [0, 0.1) is 5.41 Å². The quantitative estimate of drug-likeness (QED) is 0.663. The van der Waals surface area contributed by atoms with E-state index in [2.05, 4.69) is 33.0 Å².